The van der Waals surface area contributed by atoms with Crippen molar-refractivity contribution in [2.24, 2.45) is 0 Å². The number of nitrogens with zero attached hydrogens (tertiary/aromatic N) is 1. The number of aromatic nitrogens is 1. The monoisotopic (exact) mass is 339 g/mol. The van der Waals surface area contributed by atoms with Crippen molar-refractivity contribution in [1.29, 1.82) is 0 Å². The first kappa shape index (κ1) is 15.0. The van der Waals surface area contributed by atoms with E-state index in [1.807, 2.05) is 12.1 Å². The lowest BCUT2D eigenvalue weighted by molar-refractivity contribution is 0.263. The molecule has 2 aromatic carbocycles. The number of rotatable bonds is 7. The Labute approximate surface area is 146 Å². The Morgan fingerprint density at radius 1 is 0.880 bits per heavy atom. The molecular formula is C20H21NO4. The Bertz CT molecular complexity index is 851. The van der Waals surface area contributed by atoms with Gasteiger partial charge in [-0.2, -0.15) is 0 Å². The maximum absolute atomic E-state index is 5.85. The van der Waals surface area contributed by atoms with E-state index in [1.54, 1.807) is 0 Å². The first-order chi connectivity index (χ1) is 12.3. The highest BCUT2D eigenvalue weighted by atomic mass is 16.6. The van der Waals surface area contributed by atoms with E-state index in [0.29, 0.717) is 13.2 Å². The zero-order valence-corrected chi connectivity index (χ0v) is 14.2. The first-order valence-electron chi connectivity index (χ1n) is 8.86. The van der Waals surface area contributed by atoms with Gasteiger partial charge in [-0.1, -0.05) is 0 Å². The first-order valence-corrected chi connectivity index (χ1v) is 8.86. The van der Waals surface area contributed by atoms with Gasteiger partial charge >= 0.3 is 0 Å². The van der Waals surface area contributed by atoms with E-state index in [1.165, 1.54) is 21.8 Å². The second-order valence-corrected chi connectivity index (χ2v) is 6.63. The van der Waals surface area contributed by atoms with E-state index in [2.05, 4.69) is 35.8 Å². The Balaban J connectivity index is 1.52. The maximum atomic E-state index is 5.85. The largest absolute Gasteiger partial charge is 0.491 e. The molecule has 2 saturated heterocycles. The van der Waals surface area contributed by atoms with Crippen molar-refractivity contribution in [2.75, 3.05) is 26.4 Å². The summed E-state index contributed by atoms with van der Waals surface area (Å²) in [6.45, 7) is 5.93. The van der Waals surface area contributed by atoms with Gasteiger partial charge in [-0.15, -0.1) is 0 Å². The van der Waals surface area contributed by atoms with Crippen LogP contribution < -0.4 is 9.47 Å². The van der Waals surface area contributed by atoms with E-state index in [0.717, 1.165) is 31.3 Å². The SMILES string of the molecule is CCn1c2cc(OCC3CO3)ccc2c2ccc(OCC3CO3)cc21. The van der Waals surface area contributed by atoms with Crippen LogP contribution >= 0.6 is 0 Å². The predicted molar refractivity (Wildman–Crippen MR) is 95.6 cm³/mol. The molecule has 0 spiro atoms. The third-order valence-corrected chi connectivity index (χ3v) is 4.80. The summed E-state index contributed by atoms with van der Waals surface area (Å²) < 4.78 is 24.4. The Kier molecular flexibility index (Phi) is 3.57. The number of ether oxygens (including phenoxy) is 4. The minimum Gasteiger partial charge on any atom is -0.491 e. The Hall–Kier alpha value is -2.24. The van der Waals surface area contributed by atoms with Crippen molar-refractivity contribution < 1.29 is 18.9 Å². The van der Waals surface area contributed by atoms with Crippen LogP contribution in [0.1, 0.15) is 6.92 Å². The summed E-state index contributed by atoms with van der Waals surface area (Å²) >= 11 is 0. The fourth-order valence-corrected chi connectivity index (χ4v) is 3.28. The molecule has 2 aliphatic rings. The number of hydrogen-bond donors (Lipinski definition) is 0. The van der Waals surface area contributed by atoms with Gasteiger partial charge in [0.1, 0.15) is 36.9 Å². The van der Waals surface area contributed by atoms with Crippen LogP contribution in [0.2, 0.25) is 0 Å². The molecule has 0 bridgehead atoms. The molecule has 0 amide bonds. The molecule has 130 valence electrons. The number of hydrogen-bond acceptors (Lipinski definition) is 4. The second kappa shape index (κ2) is 5.93. The van der Waals surface area contributed by atoms with E-state index < -0.39 is 0 Å². The van der Waals surface area contributed by atoms with E-state index in [9.17, 15) is 0 Å². The lowest BCUT2D eigenvalue weighted by Gasteiger charge is -2.07. The van der Waals surface area contributed by atoms with Gasteiger partial charge in [-0.05, 0) is 31.2 Å². The molecule has 5 rings (SSSR count). The predicted octanol–water partition coefficient (Wildman–Crippen LogP) is 3.37. The topological polar surface area (TPSA) is 48.5 Å². The van der Waals surface area contributed by atoms with Gasteiger partial charge in [0.2, 0.25) is 0 Å². The van der Waals surface area contributed by atoms with Crippen molar-refractivity contribution in [3.63, 3.8) is 0 Å². The van der Waals surface area contributed by atoms with Crippen molar-refractivity contribution in [3.05, 3.63) is 36.4 Å². The zero-order valence-electron chi connectivity index (χ0n) is 14.2. The highest BCUT2D eigenvalue weighted by molar-refractivity contribution is 6.08. The average molecular weight is 339 g/mol. The number of aryl methyl sites for hydroxylation is 1. The minimum atomic E-state index is 0.267. The minimum absolute atomic E-state index is 0.267. The molecule has 0 aliphatic carbocycles. The molecular weight excluding hydrogens is 318 g/mol. The van der Waals surface area contributed by atoms with E-state index in [-0.39, 0.29) is 12.2 Å². The summed E-state index contributed by atoms with van der Waals surface area (Å²) in [6.07, 6.45) is 0.533. The van der Waals surface area contributed by atoms with Gasteiger partial charge in [-0.25, -0.2) is 0 Å². The molecule has 0 saturated carbocycles. The standard InChI is InChI=1S/C20H21NO4/c1-2-21-19-7-13(22-9-15-11-24-15)3-5-17(19)18-6-4-14(8-20(18)21)23-10-16-12-25-16/h3-8,15-16H,2,9-12H2,1H3. The van der Waals surface area contributed by atoms with E-state index in [4.69, 9.17) is 18.9 Å². The lowest BCUT2D eigenvalue weighted by Crippen LogP contribution is -2.04. The third kappa shape index (κ3) is 2.94. The van der Waals surface area contributed by atoms with Gasteiger partial charge in [-0.3, -0.25) is 0 Å². The van der Waals surface area contributed by atoms with Gasteiger partial charge in [0, 0.05) is 29.4 Å². The summed E-state index contributed by atoms with van der Waals surface area (Å²) in [6, 6.07) is 12.6. The van der Waals surface area contributed by atoms with Crippen LogP contribution in [0.4, 0.5) is 0 Å². The summed E-state index contributed by atoms with van der Waals surface area (Å²) in [7, 11) is 0. The highest BCUT2D eigenvalue weighted by Gasteiger charge is 2.24. The van der Waals surface area contributed by atoms with Crippen LogP contribution in [0.5, 0.6) is 11.5 Å². The van der Waals surface area contributed by atoms with Crippen LogP contribution in [0.3, 0.4) is 0 Å². The lowest BCUT2D eigenvalue weighted by atomic mass is 10.1. The average Bonchev–Trinajstić information content (AvgIpc) is 3.55. The van der Waals surface area contributed by atoms with Crippen molar-refractivity contribution in [3.8, 4) is 11.5 Å². The van der Waals surface area contributed by atoms with Crippen LogP contribution in [0, 0.1) is 0 Å². The molecule has 3 heterocycles. The van der Waals surface area contributed by atoms with Gasteiger partial charge in [0.25, 0.3) is 0 Å². The smallest absolute Gasteiger partial charge is 0.121 e. The molecule has 0 N–H and O–H groups in total. The zero-order chi connectivity index (χ0) is 16.8. The number of epoxide rings is 2. The van der Waals surface area contributed by atoms with Crippen LogP contribution in [-0.4, -0.2) is 43.2 Å². The molecule has 1 aromatic heterocycles. The molecule has 5 nitrogen and oxygen atoms in total. The molecule has 2 fully saturated rings. The molecule has 0 radical (unpaired) electrons. The third-order valence-electron chi connectivity index (χ3n) is 4.80. The molecule has 5 heteroatoms. The van der Waals surface area contributed by atoms with Crippen molar-refractivity contribution >= 4 is 21.8 Å². The van der Waals surface area contributed by atoms with Crippen molar-refractivity contribution in [2.45, 2.75) is 25.7 Å². The van der Waals surface area contributed by atoms with Crippen LogP contribution in [0.25, 0.3) is 21.8 Å². The maximum Gasteiger partial charge on any atom is 0.121 e. The van der Waals surface area contributed by atoms with E-state index >= 15 is 0 Å². The fraction of sp³-hybridized carbons (Fsp3) is 0.400. The normalized spacial score (nSPS) is 21.6. The molecule has 2 atom stereocenters. The molecule has 2 aliphatic heterocycles. The summed E-state index contributed by atoms with van der Waals surface area (Å²) in [5.74, 6) is 1.78. The Morgan fingerprint density at radius 3 is 1.76 bits per heavy atom. The second-order valence-electron chi connectivity index (χ2n) is 6.63. The summed E-state index contributed by atoms with van der Waals surface area (Å²) in [4.78, 5) is 0. The van der Waals surface area contributed by atoms with Gasteiger partial charge in [0.05, 0.1) is 24.2 Å². The quantitative estimate of drug-likeness (QED) is 0.619. The molecule has 2 unspecified atom stereocenters. The van der Waals surface area contributed by atoms with Crippen molar-refractivity contribution in [1.82, 2.24) is 4.57 Å². The van der Waals surface area contributed by atoms with Crippen LogP contribution in [0.15, 0.2) is 36.4 Å². The number of fused-ring (bicyclic) bond motifs is 3. The highest BCUT2D eigenvalue weighted by Crippen LogP contribution is 2.34. The number of benzene rings is 2. The van der Waals surface area contributed by atoms with Crippen LogP contribution in [-0.2, 0) is 16.0 Å². The van der Waals surface area contributed by atoms with Gasteiger partial charge in [0.15, 0.2) is 0 Å². The summed E-state index contributed by atoms with van der Waals surface area (Å²) in [5.41, 5.74) is 2.38. The fourth-order valence-electron chi connectivity index (χ4n) is 3.28. The van der Waals surface area contributed by atoms with Gasteiger partial charge < -0.3 is 23.5 Å². The molecule has 25 heavy (non-hydrogen) atoms. The summed E-state index contributed by atoms with van der Waals surface area (Å²) in [5, 5.41) is 2.48. The Morgan fingerprint density at radius 2 is 1.36 bits per heavy atom. The molecule has 3 aromatic rings.